The maximum Gasteiger partial charge on any atom is 0.198 e. The minimum Gasteiger partial charge on any atom is -0.306 e. The second kappa shape index (κ2) is 4.35. The molecule has 0 atom stereocenters. The summed E-state index contributed by atoms with van der Waals surface area (Å²) in [7, 11) is 4.35. The SMILES string of the molecule is Cc1cn(CC2CCN(C)CC2)[n+](C)c1. The summed E-state index contributed by atoms with van der Waals surface area (Å²) in [5.41, 5.74) is 1.35. The van der Waals surface area contributed by atoms with Crippen LogP contribution < -0.4 is 4.68 Å². The van der Waals surface area contributed by atoms with Gasteiger partial charge in [-0.1, -0.05) is 0 Å². The molecule has 0 unspecified atom stereocenters. The Balaban J connectivity index is 1.94. The molecular weight excluding hydrogens is 186 g/mol. The number of rotatable bonds is 2. The van der Waals surface area contributed by atoms with Crippen molar-refractivity contribution < 1.29 is 4.68 Å². The van der Waals surface area contributed by atoms with Crippen molar-refractivity contribution in [3.63, 3.8) is 0 Å². The van der Waals surface area contributed by atoms with E-state index in [1.165, 1.54) is 38.0 Å². The summed E-state index contributed by atoms with van der Waals surface area (Å²) < 4.78 is 4.54. The molecule has 1 saturated heterocycles. The van der Waals surface area contributed by atoms with Gasteiger partial charge in [0.25, 0.3) is 0 Å². The minimum atomic E-state index is 0.860. The summed E-state index contributed by atoms with van der Waals surface area (Å²) in [6.07, 6.45) is 7.12. The number of hydrogen-bond acceptors (Lipinski definition) is 1. The first-order chi connectivity index (χ1) is 7.15. The molecule has 1 aromatic rings. The first kappa shape index (κ1) is 10.7. The Kier molecular flexibility index (Phi) is 3.10. The predicted molar refractivity (Wildman–Crippen MR) is 60.6 cm³/mol. The van der Waals surface area contributed by atoms with Crippen molar-refractivity contribution >= 4 is 0 Å². The number of likely N-dealkylation sites (tertiary alicyclic amines) is 1. The van der Waals surface area contributed by atoms with Crippen LogP contribution in [0, 0.1) is 12.8 Å². The normalized spacial score (nSPS) is 19.7. The highest BCUT2D eigenvalue weighted by molar-refractivity contribution is 4.95. The van der Waals surface area contributed by atoms with Crippen LogP contribution in [0.15, 0.2) is 12.4 Å². The molecule has 15 heavy (non-hydrogen) atoms. The highest BCUT2D eigenvalue weighted by atomic mass is 15.4. The number of aromatic nitrogens is 2. The highest BCUT2D eigenvalue weighted by Crippen LogP contribution is 2.17. The highest BCUT2D eigenvalue weighted by Gasteiger charge is 2.19. The first-order valence-electron chi connectivity index (χ1n) is 5.86. The van der Waals surface area contributed by atoms with Crippen LogP contribution in [0.5, 0.6) is 0 Å². The smallest absolute Gasteiger partial charge is 0.198 e. The van der Waals surface area contributed by atoms with Gasteiger partial charge in [0.05, 0.1) is 12.7 Å². The Morgan fingerprint density at radius 2 is 2.07 bits per heavy atom. The lowest BCUT2D eigenvalue weighted by Crippen LogP contribution is -2.41. The van der Waals surface area contributed by atoms with Gasteiger partial charge >= 0.3 is 0 Å². The third-order valence-corrected chi connectivity index (χ3v) is 3.43. The van der Waals surface area contributed by atoms with Crippen LogP contribution in [0.4, 0.5) is 0 Å². The molecule has 0 amide bonds. The fourth-order valence-corrected chi connectivity index (χ4v) is 2.42. The van der Waals surface area contributed by atoms with Gasteiger partial charge in [0.15, 0.2) is 13.2 Å². The first-order valence-corrected chi connectivity index (χ1v) is 5.86. The molecule has 0 aliphatic carbocycles. The summed E-state index contributed by atoms with van der Waals surface area (Å²) in [4.78, 5) is 2.43. The van der Waals surface area contributed by atoms with Crippen molar-refractivity contribution in [1.29, 1.82) is 0 Å². The summed E-state index contributed by atoms with van der Waals surface area (Å²) in [6, 6.07) is 0. The molecule has 1 aliphatic heterocycles. The molecule has 0 N–H and O–H groups in total. The second-order valence-electron chi connectivity index (χ2n) is 4.94. The molecule has 0 saturated carbocycles. The molecule has 0 aromatic carbocycles. The fraction of sp³-hybridized carbons (Fsp3) is 0.750. The Labute approximate surface area is 92.3 Å². The lowest BCUT2D eigenvalue weighted by molar-refractivity contribution is -0.754. The van der Waals surface area contributed by atoms with Crippen LogP contribution in [-0.2, 0) is 13.6 Å². The lowest BCUT2D eigenvalue weighted by atomic mass is 9.97. The zero-order valence-electron chi connectivity index (χ0n) is 10.1. The monoisotopic (exact) mass is 208 g/mol. The van der Waals surface area contributed by atoms with E-state index < -0.39 is 0 Å². The second-order valence-corrected chi connectivity index (χ2v) is 4.94. The van der Waals surface area contributed by atoms with Gasteiger partial charge in [0, 0.05) is 5.56 Å². The van der Waals surface area contributed by atoms with Crippen molar-refractivity contribution in [3.05, 3.63) is 18.0 Å². The van der Waals surface area contributed by atoms with Gasteiger partial charge in [0.1, 0.15) is 0 Å². The lowest BCUT2D eigenvalue weighted by Gasteiger charge is -2.28. The van der Waals surface area contributed by atoms with E-state index in [9.17, 15) is 0 Å². The minimum absolute atomic E-state index is 0.860. The summed E-state index contributed by atoms with van der Waals surface area (Å²) >= 11 is 0. The molecule has 1 aromatic heterocycles. The van der Waals surface area contributed by atoms with E-state index in [0.717, 1.165) is 5.92 Å². The quantitative estimate of drug-likeness (QED) is 0.659. The van der Waals surface area contributed by atoms with Gasteiger partial charge < -0.3 is 4.90 Å². The van der Waals surface area contributed by atoms with Crippen molar-refractivity contribution in [2.75, 3.05) is 20.1 Å². The maximum absolute atomic E-state index is 2.43. The molecule has 0 spiro atoms. The zero-order valence-corrected chi connectivity index (χ0v) is 10.1. The number of hydrogen-bond donors (Lipinski definition) is 0. The molecule has 2 rings (SSSR count). The standard InChI is InChI=1S/C12H22N3/c1-11-8-14(3)15(9-11)10-12-4-6-13(2)7-5-12/h8-9,12H,4-7,10H2,1-3H3/q+1. The predicted octanol–water partition coefficient (Wildman–Crippen LogP) is 0.963. The molecule has 3 heteroatoms. The molecule has 84 valence electrons. The van der Waals surface area contributed by atoms with E-state index in [1.807, 2.05) is 0 Å². The van der Waals surface area contributed by atoms with E-state index in [4.69, 9.17) is 0 Å². The van der Waals surface area contributed by atoms with Crippen LogP contribution in [0.3, 0.4) is 0 Å². The van der Waals surface area contributed by atoms with E-state index >= 15 is 0 Å². The summed E-state index contributed by atoms with van der Waals surface area (Å²) in [5, 5.41) is 0. The van der Waals surface area contributed by atoms with Gasteiger partial charge in [-0.15, -0.1) is 4.68 Å². The fourth-order valence-electron chi connectivity index (χ4n) is 2.42. The molecule has 1 aliphatic rings. The van der Waals surface area contributed by atoms with E-state index in [2.05, 4.69) is 47.7 Å². The van der Waals surface area contributed by atoms with E-state index in [1.54, 1.807) is 0 Å². The number of piperidine rings is 1. The van der Waals surface area contributed by atoms with Gasteiger partial charge in [-0.05, 0) is 45.8 Å². The van der Waals surface area contributed by atoms with E-state index in [0.29, 0.717) is 0 Å². The van der Waals surface area contributed by atoms with Crippen LogP contribution >= 0.6 is 0 Å². The summed E-state index contributed by atoms with van der Waals surface area (Å²) in [5.74, 6) is 0.860. The molecule has 0 radical (unpaired) electrons. The number of nitrogens with zero attached hydrogens (tertiary/aromatic N) is 3. The molecule has 0 bridgehead atoms. The van der Waals surface area contributed by atoms with Crippen molar-refractivity contribution in [2.24, 2.45) is 13.0 Å². The average Bonchev–Trinajstić information content (AvgIpc) is 2.49. The Morgan fingerprint density at radius 3 is 2.60 bits per heavy atom. The van der Waals surface area contributed by atoms with Gasteiger partial charge in [-0.3, -0.25) is 0 Å². The van der Waals surface area contributed by atoms with E-state index in [-0.39, 0.29) is 0 Å². The Bertz CT molecular complexity index is 322. The number of aryl methyl sites for hydroxylation is 2. The van der Waals surface area contributed by atoms with Crippen LogP contribution in [0.1, 0.15) is 18.4 Å². The van der Waals surface area contributed by atoms with Crippen LogP contribution in [-0.4, -0.2) is 29.7 Å². The average molecular weight is 208 g/mol. The molecule has 1 fully saturated rings. The largest absolute Gasteiger partial charge is 0.306 e. The third kappa shape index (κ3) is 2.59. The maximum atomic E-state index is 2.43. The van der Waals surface area contributed by atoms with Crippen LogP contribution in [0.2, 0.25) is 0 Å². The zero-order chi connectivity index (χ0) is 10.8. The summed E-state index contributed by atoms with van der Waals surface area (Å²) in [6.45, 7) is 5.85. The Morgan fingerprint density at radius 1 is 1.40 bits per heavy atom. The van der Waals surface area contributed by atoms with Gasteiger partial charge in [-0.2, -0.15) is 4.68 Å². The van der Waals surface area contributed by atoms with Gasteiger partial charge in [-0.25, -0.2) is 0 Å². The topological polar surface area (TPSA) is 12.1 Å². The molecular formula is C12H22N3+. The van der Waals surface area contributed by atoms with Crippen LogP contribution in [0.25, 0.3) is 0 Å². The molecule has 2 heterocycles. The third-order valence-electron chi connectivity index (χ3n) is 3.43. The van der Waals surface area contributed by atoms with Crippen molar-refractivity contribution in [1.82, 2.24) is 9.58 Å². The van der Waals surface area contributed by atoms with Crippen molar-refractivity contribution in [3.8, 4) is 0 Å². The Hall–Kier alpha value is -0.830. The van der Waals surface area contributed by atoms with Gasteiger partial charge in [0.2, 0.25) is 0 Å². The van der Waals surface area contributed by atoms with Crippen molar-refractivity contribution in [2.45, 2.75) is 26.3 Å². The molecule has 3 nitrogen and oxygen atoms in total.